The Kier molecular flexibility index (Phi) is 4.37. The minimum Gasteiger partial charge on any atom is -0.371 e. The molecule has 0 spiro atoms. The van der Waals surface area contributed by atoms with Crippen LogP contribution >= 0.6 is 15.9 Å². The number of hydrogen-bond acceptors (Lipinski definition) is 1. The zero-order chi connectivity index (χ0) is 13.2. The van der Waals surface area contributed by atoms with Gasteiger partial charge in [-0.2, -0.15) is 0 Å². The molecule has 0 amide bonds. The summed E-state index contributed by atoms with van der Waals surface area (Å²) in [7, 11) is 0. The molecule has 0 bridgehead atoms. The van der Waals surface area contributed by atoms with E-state index in [1.165, 1.54) is 49.2 Å². The van der Waals surface area contributed by atoms with E-state index in [0.717, 1.165) is 5.33 Å². The van der Waals surface area contributed by atoms with Crippen molar-refractivity contribution in [2.45, 2.75) is 45.4 Å². The first-order valence-corrected chi connectivity index (χ1v) is 8.16. The fourth-order valence-electron chi connectivity index (χ4n) is 3.01. The van der Waals surface area contributed by atoms with E-state index in [9.17, 15) is 0 Å². The highest BCUT2D eigenvalue weighted by molar-refractivity contribution is 9.08. The number of rotatable bonds is 4. The van der Waals surface area contributed by atoms with Crippen LogP contribution in [0.25, 0.3) is 0 Å². The number of anilines is 1. The summed E-state index contributed by atoms with van der Waals surface area (Å²) in [4.78, 5) is 2.57. The van der Waals surface area contributed by atoms with Crippen LogP contribution in [0, 0.1) is 12.3 Å². The van der Waals surface area contributed by atoms with Crippen LogP contribution in [-0.4, -0.2) is 13.1 Å². The molecule has 1 nitrogen and oxygen atoms in total. The summed E-state index contributed by atoms with van der Waals surface area (Å²) in [5.74, 6) is 0. The minimum atomic E-state index is 0.558. The van der Waals surface area contributed by atoms with Crippen molar-refractivity contribution in [3.8, 4) is 0 Å². The van der Waals surface area contributed by atoms with E-state index in [-0.39, 0.29) is 0 Å². The Bertz CT molecular complexity index is 410. The van der Waals surface area contributed by atoms with Gasteiger partial charge in [0.05, 0.1) is 0 Å². The van der Waals surface area contributed by atoms with Gasteiger partial charge < -0.3 is 4.90 Å². The van der Waals surface area contributed by atoms with Crippen LogP contribution in [0.1, 0.15) is 44.2 Å². The second kappa shape index (κ2) is 5.64. The average molecular weight is 310 g/mol. The first-order valence-electron chi connectivity index (χ1n) is 7.04. The zero-order valence-electron chi connectivity index (χ0n) is 11.8. The first kappa shape index (κ1) is 13.9. The molecule has 1 heterocycles. The maximum Gasteiger partial charge on any atom is 0.0369 e. The van der Waals surface area contributed by atoms with Gasteiger partial charge in [-0.1, -0.05) is 35.8 Å². The number of nitrogens with zero attached hydrogens (tertiary/aromatic N) is 1. The zero-order valence-corrected chi connectivity index (χ0v) is 13.4. The molecule has 1 fully saturated rings. The van der Waals surface area contributed by atoms with E-state index < -0.39 is 0 Å². The van der Waals surface area contributed by atoms with Crippen molar-refractivity contribution in [2.24, 2.45) is 5.41 Å². The van der Waals surface area contributed by atoms with Crippen molar-refractivity contribution in [1.82, 2.24) is 0 Å². The average Bonchev–Trinajstić information content (AvgIpc) is 2.84. The third kappa shape index (κ3) is 2.59. The smallest absolute Gasteiger partial charge is 0.0369 e. The van der Waals surface area contributed by atoms with Crippen LogP contribution in [0.5, 0.6) is 0 Å². The SMILES string of the molecule is CCC1(CC)CCN(c2ccc(CBr)c(C)c2)C1. The lowest BCUT2D eigenvalue weighted by Crippen LogP contribution is -2.26. The van der Waals surface area contributed by atoms with E-state index in [1.807, 2.05) is 0 Å². The van der Waals surface area contributed by atoms with Gasteiger partial charge in [0, 0.05) is 24.1 Å². The van der Waals surface area contributed by atoms with Crippen molar-refractivity contribution in [2.75, 3.05) is 18.0 Å². The number of hydrogen-bond donors (Lipinski definition) is 0. The molecule has 0 atom stereocenters. The van der Waals surface area contributed by atoms with Gasteiger partial charge in [-0.05, 0) is 54.9 Å². The maximum absolute atomic E-state index is 3.54. The van der Waals surface area contributed by atoms with Gasteiger partial charge in [-0.25, -0.2) is 0 Å². The summed E-state index contributed by atoms with van der Waals surface area (Å²) in [5.41, 5.74) is 4.76. The van der Waals surface area contributed by atoms with Gasteiger partial charge in [-0.15, -0.1) is 0 Å². The summed E-state index contributed by atoms with van der Waals surface area (Å²) in [6.45, 7) is 9.34. The predicted molar refractivity (Wildman–Crippen MR) is 83.7 cm³/mol. The predicted octanol–water partition coefficient (Wildman–Crippen LogP) is 4.91. The second-order valence-electron chi connectivity index (χ2n) is 5.62. The quantitative estimate of drug-likeness (QED) is 0.715. The van der Waals surface area contributed by atoms with Crippen molar-refractivity contribution < 1.29 is 0 Å². The lowest BCUT2D eigenvalue weighted by molar-refractivity contribution is 0.301. The standard InChI is InChI=1S/C16H24BrN/c1-4-16(5-2)8-9-18(12-16)15-7-6-14(11-17)13(3)10-15/h6-7,10H,4-5,8-9,11-12H2,1-3H3. The number of aryl methyl sites for hydroxylation is 1. The van der Waals surface area contributed by atoms with Crippen LogP contribution in [0.2, 0.25) is 0 Å². The minimum absolute atomic E-state index is 0.558. The Balaban J connectivity index is 2.17. The topological polar surface area (TPSA) is 3.24 Å². The van der Waals surface area contributed by atoms with E-state index in [1.54, 1.807) is 0 Å². The fraction of sp³-hybridized carbons (Fsp3) is 0.625. The highest BCUT2D eigenvalue weighted by atomic mass is 79.9. The van der Waals surface area contributed by atoms with Crippen LogP contribution < -0.4 is 4.90 Å². The molecule has 100 valence electrons. The normalized spacial score (nSPS) is 18.3. The fourth-order valence-corrected chi connectivity index (χ4v) is 3.64. The molecule has 2 heteroatoms. The molecule has 2 rings (SSSR count). The third-order valence-corrected chi connectivity index (χ3v) is 5.38. The molecular formula is C16H24BrN. The Morgan fingerprint density at radius 2 is 2.00 bits per heavy atom. The largest absolute Gasteiger partial charge is 0.371 e. The third-order valence-electron chi connectivity index (χ3n) is 4.77. The van der Waals surface area contributed by atoms with Crippen LogP contribution in [0.4, 0.5) is 5.69 Å². The van der Waals surface area contributed by atoms with Crippen molar-refractivity contribution >= 4 is 21.6 Å². The molecule has 1 aliphatic heterocycles. The lowest BCUT2D eigenvalue weighted by atomic mass is 9.82. The Labute approximate surface area is 120 Å². The van der Waals surface area contributed by atoms with Crippen LogP contribution in [0.3, 0.4) is 0 Å². The number of halogens is 1. The second-order valence-corrected chi connectivity index (χ2v) is 6.18. The molecule has 0 saturated carbocycles. The first-order chi connectivity index (χ1) is 8.64. The summed E-state index contributed by atoms with van der Waals surface area (Å²) in [6.07, 6.45) is 3.95. The van der Waals surface area contributed by atoms with Crippen molar-refractivity contribution in [1.29, 1.82) is 0 Å². The highest BCUT2D eigenvalue weighted by Crippen LogP contribution is 2.39. The van der Waals surface area contributed by atoms with Gasteiger partial charge >= 0.3 is 0 Å². The monoisotopic (exact) mass is 309 g/mol. The molecule has 0 N–H and O–H groups in total. The summed E-state index contributed by atoms with van der Waals surface area (Å²) >= 11 is 3.54. The molecular weight excluding hydrogens is 286 g/mol. The number of benzene rings is 1. The molecule has 1 saturated heterocycles. The summed E-state index contributed by atoms with van der Waals surface area (Å²) in [6, 6.07) is 6.89. The highest BCUT2D eigenvalue weighted by Gasteiger charge is 2.34. The van der Waals surface area contributed by atoms with E-state index in [0.29, 0.717) is 5.41 Å². The Hall–Kier alpha value is -0.500. The van der Waals surface area contributed by atoms with E-state index >= 15 is 0 Å². The van der Waals surface area contributed by atoms with Crippen molar-refractivity contribution in [3.63, 3.8) is 0 Å². The van der Waals surface area contributed by atoms with E-state index in [2.05, 4.69) is 59.8 Å². The Morgan fingerprint density at radius 3 is 2.50 bits per heavy atom. The van der Waals surface area contributed by atoms with Gasteiger partial charge in [0.2, 0.25) is 0 Å². The molecule has 0 radical (unpaired) electrons. The molecule has 1 aromatic carbocycles. The van der Waals surface area contributed by atoms with Gasteiger partial charge in [0.1, 0.15) is 0 Å². The molecule has 0 unspecified atom stereocenters. The molecule has 18 heavy (non-hydrogen) atoms. The molecule has 0 aromatic heterocycles. The maximum atomic E-state index is 3.54. The Morgan fingerprint density at radius 1 is 1.28 bits per heavy atom. The molecule has 1 aliphatic rings. The van der Waals surface area contributed by atoms with E-state index in [4.69, 9.17) is 0 Å². The van der Waals surface area contributed by atoms with Crippen LogP contribution in [-0.2, 0) is 5.33 Å². The molecule has 1 aromatic rings. The summed E-state index contributed by atoms with van der Waals surface area (Å²) < 4.78 is 0. The molecule has 0 aliphatic carbocycles. The van der Waals surface area contributed by atoms with Crippen LogP contribution in [0.15, 0.2) is 18.2 Å². The van der Waals surface area contributed by atoms with Gasteiger partial charge in [0.25, 0.3) is 0 Å². The summed E-state index contributed by atoms with van der Waals surface area (Å²) in [5, 5.41) is 0.951. The van der Waals surface area contributed by atoms with Gasteiger partial charge in [0.15, 0.2) is 0 Å². The lowest BCUT2D eigenvalue weighted by Gasteiger charge is -2.27. The van der Waals surface area contributed by atoms with Gasteiger partial charge in [-0.3, -0.25) is 0 Å². The number of alkyl halides is 1. The van der Waals surface area contributed by atoms with Crippen molar-refractivity contribution in [3.05, 3.63) is 29.3 Å².